The third-order valence-corrected chi connectivity index (χ3v) is 5.90. The number of rotatable bonds is 3. The molecule has 6 rings (SSSR count). The largest absolute Gasteiger partial charge is 4.00 e. The first-order chi connectivity index (χ1) is 18.4. The predicted octanol–water partition coefficient (Wildman–Crippen LogP) is 11.1. The quantitative estimate of drug-likeness (QED) is 0.0853. The molecule has 0 spiro atoms. The number of hydrogen-bond acceptors (Lipinski definition) is 0. The molecule has 1 nitrogen and oxygen atoms in total. The summed E-state index contributed by atoms with van der Waals surface area (Å²) in [5.41, 5.74) is 11.9. The van der Waals surface area contributed by atoms with Gasteiger partial charge in [0.1, 0.15) is 0 Å². The Morgan fingerprint density at radius 1 is 0.595 bits per heavy atom. The van der Waals surface area contributed by atoms with Gasteiger partial charge in [0.2, 0.25) is 0 Å². The van der Waals surface area contributed by atoms with Gasteiger partial charge in [-0.2, -0.15) is 5.56 Å². The molecule has 0 aliphatic heterocycles. The number of nitrogens with one attached hydrogen (secondary N) is 1. The smallest absolute Gasteiger partial charge is 0.673 e. The van der Waals surface area contributed by atoms with Gasteiger partial charge in [0.05, 0.1) is 0 Å². The van der Waals surface area contributed by atoms with Gasteiger partial charge in [-0.3, -0.25) is 6.08 Å². The standard InChI is InChI=1S/C17H11.C16H14.C4H10N.2CH3.Si.Ti/c1-3-8-14-12(6-1)13-7-2-4-9-15(13)17-11-5-10-16(14)17;1-3-9-15(10-4-1)13-7-8-14-16-11-5-2-6-12-16;1-4(2,3)5;;;;/h1-4,6-10H,11H2;1-14H;5H,1-3H3;2*1H3;;/q-1;;3*-1;;+4. The summed E-state index contributed by atoms with van der Waals surface area (Å²) in [5, 5.41) is 5.44. The summed E-state index contributed by atoms with van der Waals surface area (Å²) >= 11 is 0. The zero-order valence-electron chi connectivity index (χ0n) is 25.5. The molecule has 1 aliphatic rings. The van der Waals surface area contributed by atoms with E-state index in [9.17, 15) is 0 Å². The molecule has 0 heterocycles. The summed E-state index contributed by atoms with van der Waals surface area (Å²) in [6, 6.07) is 37.9. The first-order valence-corrected chi connectivity index (χ1v) is 13.1. The number of allylic oxidation sites excluding steroid dienone is 3. The van der Waals surface area contributed by atoms with Gasteiger partial charge in [-0.05, 0) is 27.3 Å². The molecule has 1 aliphatic carbocycles. The van der Waals surface area contributed by atoms with Crippen molar-refractivity contribution in [3.63, 3.8) is 0 Å². The van der Waals surface area contributed by atoms with Crippen molar-refractivity contribution in [3.05, 3.63) is 170 Å². The van der Waals surface area contributed by atoms with Crippen molar-refractivity contribution in [1.82, 2.24) is 0 Å². The normalized spacial score (nSPS) is 11.1. The maximum atomic E-state index is 6.94. The molecule has 0 unspecified atom stereocenters. The molecule has 5 aromatic carbocycles. The van der Waals surface area contributed by atoms with E-state index in [1.165, 1.54) is 43.8 Å². The van der Waals surface area contributed by atoms with Crippen LogP contribution in [0.25, 0.3) is 45.5 Å². The van der Waals surface area contributed by atoms with Crippen LogP contribution in [0.2, 0.25) is 0 Å². The average molecular weight is 600 g/mol. The summed E-state index contributed by atoms with van der Waals surface area (Å²) in [7, 11) is 0. The van der Waals surface area contributed by atoms with Crippen LogP contribution in [-0.2, 0) is 28.1 Å². The van der Waals surface area contributed by atoms with Crippen LogP contribution < -0.4 is 0 Å². The Morgan fingerprint density at radius 2 is 0.952 bits per heavy atom. The minimum absolute atomic E-state index is 0. The summed E-state index contributed by atoms with van der Waals surface area (Å²) < 4.78 is 0. The second-order valence-electron chi connectivity index (χ2n) is 10.3. The Balaban J connectivity index is 0.000000640. The van der Waals surface area contributed by atoms with Gasteiger partial charge in [0.15, 0.2) is 0 Å². The van der Waals surface area contributed by atoms with E-state index < -0.39 is 0 Å². The van der Waals surface area contributed by atoms with Crippen LogP contribution in [0.5, 0.6) is 0 Å². The molecule has 0 aromatic heterocycles. The SMILES string of the molecule is C(C=Cc1ccccc1)=Cc1ccccc1.CC(C)(C)[NH-].[C-]1=Cc2c(c3ccccc3c3ccccc23)C1.[CH3-].[CH3-].[Si].[Ti+4]. The van der Waals surface area contributed by atoms with Crippen molar-refractivity contribution >= 4 is 50.7 Å². The topological polar surface area (TPSA) is 23.8 Å². The first kappa shape index (κ1) is 38.7. The number of benzene rings is 5. The van der Waals surface area contributed by atoms with Crippen LogP contribution in [0.3, 0.4) is 0 Å². The molecule has 42 heavy (non-hydrogen) atoms. The molecule has 4 radical (unpaired) electrons. The first-order valence-electron chi connectivity index (χ1n) is 13.1. The van der Waals surface area contributed by atoms with E-state index >= 15 is 0 Å². The van der Waals surface area contributed by atoms with Gasteiger partial charge in [0, 0.05) is 11.0 Å². The van der Waals surface area contributed by atoms with Crippen molar-refractivity contribution < 1.29 is 21.7 Å². The molecule has 0 atom stereocenters. The predicted molar refractivity (Wildman–Crippen MR) is 186 cm³/mol. The van der Waals surface area contributed by atoms with Crippen molar-refractivity contribution in [1.29, 1.82) is 0 Å². The van der Waals surface area contributed by atoms with Gasteiger partial charge in [-0.25, -0.2) is 6.08 Å². The molecule has 210 valence electrons. The van der Waals surface area contributed by atoms with E-state index in [1.54, 1.807) is 0 Å². The van der Waals surface area contributed by atoms with Crippen LogP contribution in [0.15, 0.2) is 121 Å². The van der Waals surface area contributed by atoms with Gasteiger partial charge in [0.25, 0.3) is 0 Å². The Morgan fingerprint density at radius 3 is 1.40 bits per heavy atom. The van der Waals surface area contributed by atoms with E-state index in [0.717, 1.165) is 6.42 Å². The Hall–Kier alpha value is -3.27. The third kappa shape index (κ3) is 11.5. The van der Waals surface area contributed by atoms with Crippen LogP contribution in [0.4, 0.5) is 0 Å². The maximum Gasteiger partial charge on any atom is 4.00 e. The molecular formula is C39H41NSiTi. The summed E-state index contributed by atoms with van der Waals surface area (Å²) in [6.07, 6.45) is 14.7. The number of hydrogen-bond donors (Lipinski definition) is 0. The van der Waals surface area contributed by atoms with Gasteiger partial charge >= 0.3 is 21.7 Å². The number of fused-ring (bicyclic) bond motifs is 6. The second-order valence-corrected chi connectivity index (χ2v) is 10.3. The molecular weight excluding hydrogens is 558 g/mol. The van der Waals surface area contributed by atoms with E-state index in [4.69, 9.17) is 5.73 Å². The molecule has 0 amide bonds. The molecule has 0 fully saturated rings. The van der Waals surface area contributed by atoms with Crippen LogP contribution in [-0.4, -0.2) is 16.5 Å². The summed E-state index contributed by atoms with van der Waals surface area (Å²) in [6.45, 7) is 5.56. The zero-order valence-corrected chi connectivity index (χ0v) is 28.0. The van der Waals surface area contributed by atoms with E-state index in [0.29, 0.717) is 0 Å². The molecule has 5 aromatic rings. The second kappa shape index (κ2) is 19.0. The van der Waals surface area contributed by atoms with Crippen molar-refractivity contribution in [2.45, 2.75) is 32.7 Å². The van der Waals surface area contributed by atoms with E-state index in [-0.39, 0.29) is 53.1 Å². The van der Waals surface area contributed by atoms with E-state index in [2.05, 4.69) is 109 Å². The summed E-state index contributed by atoms with van der Waals surface area (Å²) in [4.78, 5) is 0. The Bertz CT molecular complexity index is 1510. The maximum absolute atomic E-state index is 6.94. The fraction of sp³-hybridized carbons (Fsp3) is 0.128. The van der Waals surface area contributed by atoms with E-state index in [1.807, 2.05) is 57.2 Å². The average Bonchev–Trinajstić information content (AvgIpc) is 3.43. The summed E-state index contributed by atoms with van der Waals surface area (Å²) in [5.74, 6) is 0. The Kier molecular flexibility index (Phi) is 17.5. The van der Waals surface area contributed by atoms with Crippen molar-refractivity contribution in [2.75, 3.05) is 0 Å². The van der Waals surface area contributed by atoms with Crippen molar-refractivity contribution in [3.8, 4) is 0 Å². The molecule has 0 bridgehead atoms. The third-order valence-electron chi connectivity index (χ3n) is 5.90. The fourth-order valence-corrected chi connectivity index (χ4v) is 4.31. The monoisotopic (exact) mass is 599 g/mol. The van der Waals surface area contributed by atoms with Gasteiger partial charge in [-0.15, -0.1) is 17.5 Å². The molecule has 3 heteroatoms. The Labute approximate surface area is 274 Å². The fourth-order valence-electron chi connectivity index (χ4n) is 4.31. The van der Waals surface area contributed by atoms with Crippen LogP contribution in [0, 0.1) is 20.9 Å². The molecule has 0 saturated heterocycles. The minimum atomic E-state index is -0.250. The van der Waals surface area contributed by atoms with Crippen LogP contribution >= 0.6 is 0 Å². The van der Waals surface area contributed by atoms with Crippen molar-refractivity contribution in [2.24, 2.45) is 0 Å². The molecule has 0 saturated carbocycles. The molecule has 1 N–H and O–H groups in total. The minimum Gasteiger partial charge on any atom is -0.673 e. The van der Waals surface area contributed by atoms with Gasteiger partial charge in [-0.1, -0.05) is 160 Å². The van der Waals surface area contributed by atoms with Gasteiger partial charge < -0.3 is 20.6 Å². The van der Waals surface area contributed by atoms with Crippen LogP contribution in [0.1, 0.15) is 43.0 Å². The zero-order chi connectivity index (χ0) is 26.8.